The molecule has 0 aromatic heterocycles. The predicted molar refractivity (Wildman–Crippen MR) is 71.5 cm³/mol. The lowest BCUT2D eigenvalue weighted by molar-refractivity contribution is 0.0955. The quantitative estimate of drug-likeness (QED) is 0.636. The minimum absolute atomic E-state index is 0.212. The lowest BCUT2D eigenvalue weighted by atomic mass is 10.2. The number of hydrazone groups is 1. The second-order valence-corrected chi connectivity index (χ2v) is 3.69. The summed E-state index contributed by atoms with van der Waals surface area (Å²) in [5.74, 6) is -0.212. The SMILES string of the molecule is CC=CC=NNC(=O)c1ccc(N(C)C)cc1. The molecule has 1 aromatic carbocycles. The highest BCUT2D eigenvalue weighted by molar-refractivity contribution is 5.94. The molecule has 0 fully saturated rings. The Balaban J connectivity index is 2.63. The molecule has 4 heteroatoms. The highest BCUT2D eigenvalue weighted by Crippen LogP contribution is 2.11. The molecule has 0 saturated heterocycles. The maximum atomic E-state index is 11.6. The van der Waals surface area contributed by atoms with Gasteiger partial charge < -0.3 is 4.90 Å². The molecule has 0 aliphatic rings. The van der Waals surface area contributed by atoms with Crippen LogP contribution in [0.3, 0.4) is 0 Å². The summed E-state index contributed by atoms with van der Waals surface area (Å²) in [5.41, 5.74) is 4.09. The van der Waals surface area contributed by atoms with E-state index in [1.54, 1.807) is 18.2 Å². The van der Waals surface area contributed by atoms with Gasteiger partial charge in [-0.25, -0.2) is 5.43 Å². The van der Waals surface area contributed by atoms with E-state index in [2.05, 4.69) is 10.5 Å². The fraction of sp³-hybridized carbons (Fsp3) is 0.231. The second-order valence-electron chi connectivity index (χ2n) is 3.69. The lowest BCUT2D eigenvalue weighted by Gasteiger charge is -2.12. The Morgan fingerprint density at radius 2 is 1.94 bits per heavy atom. The molecule has 90 valence electrons. The highest BCUT2D eigenvalue weighted by atomic mass is 16.2. The molecule has 1 rings (SSSR count). The molecular formula is C13H17N3O. The van der Waals surface area contributed by atoms with Crippen molar-refractivity contribution in [1.29, 1.82) is 0 Å². The Kier molecular flexibility index (Phi) is 4.94. The van der Waals surface area contributed by atoms with Gasteiger partial charge in [0.05, 0.1) is 0 Å². The van der Waals surface area contributed by atoms with Crippen LogP contribution in [0, 0.1) is 0 Å². The van der Waals surface area contributed by atoms with Crippen LogP contribution in [0.15, 0.2) is 41.5 Å². The summed E-state index contributed by atoms with van der Waals surface area (Å²) in [6, 6.07) is 7.33. The second kappa shape index (κ2) is 6.48. The number of benzene rings is 1. The molecule has 0 saturated carbocycles. The van der Waals surface area contributed by atoms with Crippen molar-refractivity contribution in [3.63, 3.8) is 0 Å². The van der Waals surface area contributed by atoms with Crippen molar-refractivity contribution in [2.75, 3.05) is 19.0 Å². The van der Waals surface area contributed by atoms with E-state index in [0.29, 0.717) is 5.56 Å². The van der Waals surface area contributed by atoms with Gasteiger partial charge in [0.15, 0.2) is 0 Å². The fourth-order valence-corrected chi connectivity index (χ4v) is 1.20. The van der Waals surface area contributed by atoms with E-state index < -0.39 is 0 Å². The number of amides is 1. The first-order chi connectivity index (χ1) is 8.15. The maximum Gasteiger partial charge on any atom is 0.271 e. The summed E-state index contributed by atoms with van der Waals surface area (Å²) in [6.07, 6.45) is 5.11. The zero-order chi connectivity index (χ0) is 12.7. The Hall–Kier alpha value is -2.10. The Labute approximate surface area is 102 Å². The standard InChI is InChI=1S/C13H17N3O/c1-4-5-10-14-15-13(17)11-6-8-12(9-7-11)16(2)3/h4-10H,1-3H3,(H,15,17). The van der Waals surface area contributed by atoms with Gasteiger partial charge in [0, 0.05) is 31.6 Å². The summed E-state index contributed by atoms with van der Waals surface area (Å²) in [5, 5.41) is 3.77. The molecular weight excluding hydrogens is 214 g/mol. The molecule has 0 bridgehead atoms. The van der Waals surface area contributed by atoms with Crippen LogP contribution in [-0.4, -0.2) is 26.2 Å². The van der Waals surface area contributed by atoms with Crippen LogP contribution in [0.1, 0.15) is 17.3 Å². The van der Waals surface area contributed by atoms with Gasteiger partial charge in [0.25, 0.3) is 5.91 Å². The minimum atomic E-state index is -0.212. The van der Waals surface area contributed by atoms with Crippen LogP contribution >= 0.6 is 0 Å². The molecule has 17 heavy (non-hydrogen) atoms. The van der Waals surface area contributed by atoms with E-state index in [1.807, 2.05) is 44.1 Å². The van der Waals surface area contributed by atoms with E-state index >= 15 is 0 Å². The molecule has 1 aromatic rings. The van der Waals surface area contributed by atoms with E-state index in [-0.39, 0.29) is 5.91 Å². The number of anilines is 1. The number of nitrogens with one attached hydrogen (secondary N) is 1. The van der Waals surface area contributed by atoms with Gasteiger partial charge in [0.2, 0.25) is 0 Å². The number of carbonyl (C=O) groups is 1. The molecule has 0 aliphatic heterocycles. The fourth-order valence-electron chi connectivity index (χ4n) is 1.20. The average Bonchev–Trinajstić information content (AvgIpc) is 2.34. The maximum absolute atomic E-state index is 11.6. The van der Waals surface area contributed by atoms with Gasteiger partial charge in [-0.05, 0) is 37.3 Å². The molecule has 0 unspecified atom stereocenters. The summed E-state index contributed by atoms with van der Waals surface area (Å²) >= 11 is 0. The molecule has 0 aliphatic carbocycles. The monoisotopic (exact) mass is 231 g/mol. The Morgan fingerprint density at radius 1 is 1.29 bits per heavy atom. The van der Waals surface area contributed by atoms with Gasteiger partial charge in [-0.15, -0.1) is 0 Å². The van der Waals surface area contributed by atoms with Crippen molar-refractivity contribution in [3.05, 3.63) is 42.0 Å². The largest absolute Gasteiger partial charge is 0.378 e. The van der Waals surface area contributed by atoms with E-state index in [9.17, 15) is 4.79 Å². The number of allylic oxidation sites excluding steroid dienone is 2. The van der Waals surface area contributed by atoms with Gasteiger partial charge in [-0.1, -0.05) is 6.08 Å². The third-order valence-corrected chi connectivity index (χ3v) is 2.17. The number of carbonyl (C=O) groups excluding carboxylic acids is 1. The smallest absolute Gasteiger partial charge is 0.271 e. The van der Waals surface area contributed by atoms with E-state index in [1.165, 1.54) is 6.21 Å². The van der Waals surface area contributed by atoms with Crippen molar-refractivity contribution in [3.8, 4) is 0 Å². The van der Waals surface area contributed by atoms with Gasteiger partial charge in [-0.2, -0.15) is 5.10 Å². The van der Waals surface area contributed by atoms with E-state index in [4.69, 9.17) is 0 Å². The lowest BCUT2D eigenvalue weighted by Crippen LogP contribution is -2.17. The number of nitrogens with zero attached hydrogens (tertiary/aromatic N) is 2. The van der Waals surface area contributed by atoms with Crippen LogP contribution in [0.25, 0.3) is 0 Å². The van der Waals surface area contributed by atoms with Crippen molar-refractivity contribution in [2.24, 2.45) is 5.10 Å². The molecule has 1 N–H and O–H groups in total. The van der Waals surface area contributed by atoms with Crippen LogP contribution in [-0.2, 0) is 0 Å². The summed E-state index contributed by atoms with van der Waals surface area (Å²) in [6.45, 7) is 1.88. The first-order valence-electron chi connectivity index (χ1n) is 5.37. The summed E-state index contributed by atoms with van der Waals surface area (Å²) in [7, 11) is 3.91. The molecule has 0 radical (unpaired) electrons. The Morgan fingerprint density at radius 3 is 2.47 bits per heavy atom. The van der Waals surface area contributed by atoms with Gasteiger partial charge >= 0.3 is 0 Å². The van der Waals surface area contributed by atoms with Crippen molar-refractivity contribution >= 4 is 17.8 Å². The first kappa shape index (κ1) is 13.0. The number of hydrogen-bond donors (Lipinski definition) is 1. The highest BCUT2D eigenvalue weighted by Gasteiger charge is 2.03. The summed E-state index contributed by atoms with van der Waals surface area (Å²) in [4.78, 5) is 13.6. The number of rotatable bonds is 4. The zero-order valence-electron chi connectivity index (χ0n) is 10.3. The molecule has 4 nitrogen and oxygen atoms in total. The van der Waals surface area contributed by atoms with Crippen LogP contribution < -0.4 is 10.3 Å². The van der Waals surface area contributed by atoms with Gasteiger partial charge in [-0.3, -0.25) is 4.79 Å². The van der Waals surface area contributed by atoms with Crippen LogP contribution in [0.4, 0.5) is 5.69 Å². The third-order valence-electron chi connectivity index (χ3n) is 2.17. The third kappa shape index (κ3) is 4.10. The first-order valence-corrected chi connectivity index (χ1v) is 5.37. The van der Waals surface area contributed by atoms with Crippen molar-refractivity contribution in [1.82, 2.24) is 5.43 Å². The topological polar surface area (TPSA) is 44.7 Å². The van der Waals surface area contributed by atoms with Gasteiger partial charge in [0.1, 0.15) is 0 Å². The van der Waals surface area contributed by atoms with E-state index in [0.717, 1.165) is 5.69 Å². The molecule has 0 heterocycles. The molecule has 0 spiro atoms. The summed E-state index contributed by atoms with van der Waals surface area (Å²) < 4.78 is 0. The van der Waals surface area contributed by atoms with Crippen LogP contribution in [0.5, 0.6) is 0 Å². The van der Waals surface area contributed by atoms with Crippen molar-refractivity contribution < 1.29 is 4.79 Å². The molecule has 0 atom stereocenters. The predicted octanol–water partition coefficient (Wildman–Crippen LogP) is 2.04. The Bertz CT molecular complexity index is 419. The minimum Gasteiger partial charge on any atom is -0.378 e. The van der Waals surface area contributed by atoms with Crippen LogP contribution in [0.2, 0.25) is 0 Å². The normalized spacial score (nSPS) is 11.0. The average molecular weight is 231 g/mol. The van der Waals surface area contributed by atoms with Crippen molar-refractivity contribution in [2.45, 2.75) is 6.92 Å². The molecule has 1 amide bonds. The number of hydrogen-bond acceptors (Lipinski definition) is 3. The zero-order valence-corrected chi connectivity index (χ0v) is 10.3.